The van der Waals surface area contributed by atoms with E-state index in [1.165, 1.54) is 12.1 Å². The molecule has 0 unspecified atom stereocenters. The van der Waals surface area contributed by atoms with Crippen molar-refractivity contribution in [3.63, 3.8) is 0 Å². The van der Waals surface area contributed by atoms with Crippen LogP contribution in [0.5, 0.6) is 5.75 Å². The minimum absolute atomic E-state index is 0.0110. The Labute approximate surface area is 98.9 Å². The number of hydrogen-bond acceptors (Lipinski definition) is 2. The highest BCUT2D eigenvalue weighted by Crippen LogP contribution is 2.21. The van der Waals surface area contributed by atoms with Gasteiger partial charge in [0.1, 0.15) is 5.52 Å². The molecular formula is C13H12NO3. The number of aliphatic carboxylic acids is 1. The normalized spacial score (nSPS) is 9.18. The lowest BCUT2D eigenvalue weighted by Gasteiger charge is -1.94. The van der Waals surface area contributed by atoms with E-state index in [0.717, 1.165) is 5.39 Å². The van der Waals surface area contributed by atoms with Crippen LogP contribution < -0.4 is 0 Å². The number of carbonyl (C=O) groups is 1. The molecule has 87 valence electrons. The van der Waals surface area contributed by atoms with Crippen LogP contribution in [-0.4, -0.2) is 16.1 Å². The van der Waals surface area contributed by atoms with Gasteiger partial charge in [-0.05, 0) is 12.1 Å². The van der Waals surface area contributed by atoms with Crippen LogP contribution in [0.2, 0.25) is 0 Å². The van der Waals surface area contributed by atoms with Crippen molar-refractivity contribution in [2.24, 2.45) is 0 Å². The minimum Gasteiger partial charge on any atom is -0.481 e. The zero-order chi connectivity index (χ0) is 12.7. The molecule has 1 heterocycles. The predicted octanol–water partition coefficient (Wildman–Crippen LogP) is 3.03. The number of benzene rings is 1. The quantitative estimate of drug-likeness (QED) is 0.806. The molecule has 4 heteroatoms. The summed E-state index contributed by atoms with van der Waals surface area (Å²) in [6, 6.07) is 8.84. The fourth-order valence-corrected chi connectivity index (χ4v) is 1.20. The summed E-state index contributed by atoms with van der Waals surface area (Å²) in [6.45, 7) is 3.22. The third-order valence-electron chi connectivity index (χ3n) is 1.91. The molecule has 0 aliphatic carbocycles. The fraction of sp³-hybridized carbons (Fsp3) is 0.0769. The van der Waals surface area contributed by atoms with E-state index in [0.29, 0.717) is 5.52 Å². The first-order valence-corrected chi connectivity index (χ1v) is 4.98. The number of pyridine rings is 1. The SMILES string of the molecule is C=CCC(=O)O.[O]c1cccc2cccnc12. The fourth-order valence-electron chi connectivity index (χ4n) is 1.20. The molecule has 0 amide bonds. The Bertz CT molecular complexity index is 518. The van der Waals surface area contributed by atoms with Gasteiger partial charge in [0.15, 0.2) is 0 Å². The zero-order valence-corrected chi connectivity index (χ0v) is 9.17. The van der Waals surface area contributed by atoms with Gasteiger partial charge in [0.2, 0.25) is 5.75 Å². The third-order valence-corrected chi connectivity index (χ3v) is 1.91. The average Bonchev–Trinajstić information content (AvgIpc) is 2.30. The number of carboxylic acid groups (broad SMARTS) is 1. The summed E-state index contributed by atoms with van der Waals surface area (Å²) < 4.78 is 0. The molecule has 17 heavy (non-hydrogen) atoms. The van der Waals surface area contributed by atoms with Gasteiger partial charge in [-0.2, -0.15) is 0 Å². The highest BCUT2D eigenvalue weighted by molar-refractivity contribution is 5.83. The molecular weight excluding hydrogens is 218 g/mol. The van der Waals surface area contributed by atoms with Crippen molar-refractivity contribution < 1.29 is 15.0 Å². The minimum atomic E-state index is -0.829. The van der Waals surface area contributed by atoms with E-state index < -0.39 is 5.97 Å². The second-order valence-corrected chi connectivity index (χ2v) is 3.22. The Hall–Kier alpha value is -2.36. The highest BCUT2D eigenvalue weighted by atomic mass is 16.4. The monoisotopic (exact) mass is 230 g/mol. The molecule has 2 rings (SSSR count). The Morgan fingerprint density at radius 3 is 2.59 bits per heavy atom. The number of fused-ring (bicyclic) bond motifs is 1. The molecule has 0 saturated carbocycles. The van der Waals surface area contributed by atoms with Crippen molar-refractivity contribution in [2.75, 3.05) is 0 Å². The van der Waals surface area contributed by atoms with Gasteiger partial charge in [-0.1, -0.05) is 24.3 Å². The molecule has 0 bridgehead atoms. The maximum Gasteiger partial charge on any atom is 0.307 e. The Kier molecular flexibility index (Phi) is 4.69. The maximum absolute atomic E-state index is 11.1. The smallest absolute Gasteiger partial charge is 0.307 e. The van der Waals surface area contributed by atoms with E-state index in [9.17, 15) is 9.90 Å². The molecule has 4 nitrogen and oxygen atoms in total. The zero-order valence-electron chi connectivity index (χ0n) is 9.17. The van der Waals surface area contributed by atoms with E-state index in [1.807, 2.05) is 18.2 Å². The van der Waals surface area contributed by atoms with Gasteiger partial charge in [-0.25, -0.2) is 0 Å². The summed E-state index contributed by atoms with van der Waals surface area (Å²) in [5.41, 5.74) is 0.551. The van der Waals surface area contributed by atoms with E-state index in [-0.39, 0.29) is 12.2 Å². The molecule has 0 spiro atoms. The van der Waals surface area contributed by atoms with Crippen molar-refractivity contribution in [1.29, 1.82) is 0 Å². The van der Waals surface area contributed by atoms with Crippen molar-refractivity contribution in [2.45, 2.75) is 6.42 Å². The van der Waals surface area contributed by atoms with Crippen molar-refractivity contribution >= 4 is 16.9 Å². The summed E-state index contributed by atoms with van der Waals surface area (Å²) >= 11 is 0. The standard InChI is InChI=1S/C9H6NO.C4H6O2/c11-8-5-1-3-7-4-2-6-10-9(7)8;1-2-3-4(5)6/h1-6H;2H,1,3H2,(H,5,6). The lowest BCUT2D eigenvalue weighted by Crippen LogP contribution is -1.88. The molecule has 0 atom stereocenters. The molecule has 1 aromatic heterocycles. The number of hydrogen-bond donors (Lipinski definition) is 1. The summed E-state index contributed by atoms with van der Waals surface area (Å²) in [6.07, 6.45) is 3.03. The van der Waals surface area contributed by atoms with Crippen LogP contribution in [0.25, 0.3) is 10.9 Å². The van der Waals surface area contributed by atoms with Crippen molar-refractivity contribution in [1.82, 2.24) is 4.98 Å². The van der Waals surface area contributed by atoms with Crippen molar-refractivity contribution in [3.8, 4) is 5.75 Å². The number of aromatic nitrogens is 1. The van der Waals surface area contributed by atoms with Gasteiger partial charge >= 0.3 is 5.97 Å². The van der Waals surface area contributed by atoms with Crippen LogP contribution in [0.3, 0.4) is 0 Å². The third kappa shape index (κ3) is 3.95. The first kappa shape index (κ1) is 12.7. The van der Waals surface area contributed by atoms with E-state index in [2.05, 4.69) is 11.6 Å². The van der Waals surface area contributed by atoms with E-state index in [4.69, 9.17) is 5.11 Å². The summed E-state index contributed by atoms with van der Waals surface area (Å²) in [4.78, 5) is 13.5. The van der Waals surface area contributed by atoms with Crippen LogP contribution in [0.1, 0.15) is 6.42 Å². The van der Waals surface area contributed by atoms with Gasteiger partial charge in [0.05, 0.1) is 6.42 Å². The van der Waals surface area contributed by atoms with Gasteiger partial charge in [0.25, 0.3) is 0 Å². The maximum atomic E-state index is 11.1. The second kappa shape index (κ2) is 6.27. The first-order valence-electron chi connectivity index (χ1n) is 4.98. The predicted molar refractivity (Wildman–Crippen MR) is 64.3 cm³/mol. The van der Waals surface area contributed by atoms with Crippen LogP contribution in [0.4, 0.5) is 0 Å². The molecule has 0 aliphatic rings. The van der Waals surface area contributed by atoms with Crippen LogP contribution in [-0.2, 0) is 9.90 Å². The lowest BCUT2D eigenvalue weighted by molar-refractivity contribution is -0.135. The van der Waals surface area contributed by atoms with E-state index in [1.54, 1.807) is 12.3 Å². The van der Waals surface area contributed by atoms with Gasteiger partial charge in [-0.15, -0.1) is 6.58 Å². The summed E-state index contributed by atoms with van der Waals surface area (Å²) in [5.74, 6) is -0.840. The van der Waals surface area contributed by atoms with Crippen LogP contribution >= 0.6 is 0 Å². The lowest BCUT2D eigenvalue weighted by atomic mass is 10.2. The molecule has 0 fully saturated rings. The van der Waals surface area contributed by atoms with Gasteiger partial charge < -0.3 is 5.11 Å². The molecule has 1 aromatic carbocycles. The number of carboxylic acids is 1. The van der Waals surface area contributed by atoms with Crippen molar-refractivity contribution in [3.05, 3.63) is 49.2 Å². The summed E-state index contributed by atoms with van der Waals surface area (Å²) in [7, 11) is 0. The molecule has 0 aliphatic heterocycles. The topological polar surface area (TPSA) is 70.1 Å². The molecule has 1 radical (unpaired) electrons. The molecule has 0 saturated heterocycles. The Morgan fingerprint density at radius 1 is 1.35 bits per heavy atom. The van der Waals surface area contributed by atoms with Crippen LogP contribution in [0, 0.1) is 0 Å². The molecule has 2 aromatic rings. The van der Waals surface area contributed by atoms with Gasteiger partial charge in [0, 0.05) is 11.6 Å². The number of para-hydroxylation sites is 1. The van der Waals surface area contributed by atoms with E-state index >= 15 is 0 Å². The Balaban J connectivity index is 0.000000209. The number of nitrogens with zero attached hydrogens (tertiary/aromatic N) is 1. The first-order chi connectivity index (χ1) is 8.15. The second-order valence-electron chi connectivity index (χ2n) is 3.22. The molecule has 1 N–H and O–H groups in total. The summed E-state index contributed by atoms with van der Waals surface area (Å²) in [5, 5.41) is 19.9. The van der Waals surface area contributed by atoms with Crippen LogP contribution in [0.15, 0.2) is 49.2 Å². The van der Waals surface area contributed by atoms with Gasteiger partial charge in [-0.3, -0.25) is 14.9 Å². The average molecular weight is 230 g/mol. The number of rotatable bonds is 2. The largest absolute Gasteiger partial charge is 0.481 e. The highest BCUT2D eigenvalue weighted by Gasteiger charge is 1.98. The Morgan fingerprint density at radius 2 is 2.06 bits per heavy atom.